The number of likely N-dealkylation sites (N-methyl/N-ethyl adjacent to an activating group) is 1. The molecule has 0 radical (unpaired) electrons. The summed E-state index contributed by atoms with van der Waals surface area (Å²) in [6.45, 7) is 4.42. The molecule has 0 aromatic heterocycles. The molecule has 4 heteroatoms. The maximum atomic E-state index is 12.1. The Morgan fingerprint density at radius 3 is 2.35 bits per heavy atom. The van der Waals surface area contributed by atoms with Crippen molar-refractivity contribution in [3.8, 4) is 0 Å². The van der Waals surface area contributed by atoms with Gasteiger partial charge < -0.3 is 9.64 Å². The average molecular weight is 241 g/mol. The van der Waals surface area contributed by atoms with Gasteiger partial charge >= 0.3 is 5.97 Å². The van der Waals surface area contributed by atoms with Gasteiger partial charge in [-0.15, -0.1) is 0 Å². The fraction of sp³-hybridized carbons (Fsp3) is 0.846. The van der Waals surface area contributed by atoms with Gasteiger partial charge in [0.25, 0.3) is 0 Å². The fourth-order valence-electron chi connectivity index (χ4n) is 2.30. The number of hydrogen-bond acceptors (Lipinski definition) is 3. The van der Waals surface area contributed by atoms with Crippen molar-refractivity contribution >= 4 is 11.9 Å². The molecule has 1 saturated carbocycles. The molecule has 1 aliphatic carbocycles. The van der Waals surface area contributed by atoms with E-state index in [0.717, 1.165) is 31.6 Å². The molecule has 1 aliphatic rings. The van der Waals surface area contributed by atoms with Gasteiger partial charge in [0.1, 0.15) is 6.54 Å². The van der Waals surface area contributed by atoms with Crippen LogP contribution in [0.5, 0.6) is 0 Å². The van der Waals surface area contributed by atoms with Crippen molar-refractivity contribution in [1.29, 1.82) is 0 Å². The third kappa shape index (κ3) is 4.36. The van der Waals surface area contributed by atoms with E-state index in [9.17, 15) is 9.59 Å². The Kier molecular flexibility index (Phi) is 5.45. The lowest BCUT2D eigenvalue weighted by Crippen LogP contribution is -2.38. The number of carbonyl (C=O) groups is 2. The van der Waals surface area contributed by atoms with Crippen LogP contribution in [-0.4, -0.2) is 37.0 Å². The van der Waals surface area contributed by atoms with Crippen LogP contribution in [0.4, 0.5) is 0 Å². The van der Waals surface area contributed by atoms with E-state index >= 15 is 0 Å². The molecule has 4 nitrogen and oxygen atoms in total. The minimum atomic E-state index is -0.326. The summed E-state index contributed by atoms with van der Waals surface area (Å²) in [6.07, 6.45) is 4.13. The number of rotatable bonds is 4. The number of esters is 1. The standard InChI is InChI=1S/C13H23NO3/c1-4-17-12(15)9-14(3)13(16)11-7-5-10(2)6-8-11/h10-11H,4-9H2,1-3H3. The van der Waals surface area contributed by atoms with Crippen LogP contribution in [0.15, 0.2) is 0 Å². The molecule has 0 bridgehead atoms. The molecule has 1 fully saturated rings. The highest BCUT2D eigenvalue weighted by atomic mass is 16.5. The Balaban J connectivity index is 2.38. The van der Waals surface area contributed by atoms with E-state index in [4.69, 9.17) is 4.74 Å². The Morgan fingerprint density at radius 1 is 1.24 bits per heavy atom. The number of nitrogens with zero attached hydrogens (tertiary/aromatic N) is 1. The first-order valence-electron chi connectivity index (χ1n) is 6.45. The number of carbonyl (C=O) groups excluding carboxylic acids is 2. The smallest absolute Gasteiger partial charge is 0.325 e. The molecule has 0 N–H and O–H groups in total. The first-order chi connectivity index (χ1) is 8.04. The highest BCUT2D eigenvalue weighted by Gasteiger charge is 2.27. The zero-order valence-electron chi connectivity index (χ0n) is 11.1. The minimum absolute atomic E-state index is 0.0682. The Labute approximate surface area is 103 Å². The Hall–Kier alpha value is -1.06. The van der Waals surface area contributed by atoms with Crippen molar-refractivity contribution in [1.82, 2.24) is 4.90 Å². The van der Waals surface area contributed by atoms with Crippen LogP contribution >= 0.6 is 0 Å². The maximum Gasteiger partial charge on any atom is 0.325 e. The largest absolute Gasteiger partial charge is 0.465 e. The first kappa shape index (κ1) is 14.0. The summed E-state index contributed by atoms with van der Waals surface area (Å²) in [5.41, 5.74) is 0. The molecule has 0 aliphatic heterocycles. The van der Waals surface area contributed by atoms with E-state index in [1.807, 2.05) is 0 Å². The van der Waals surface area contributed by atoms with E-state index in [-0.39, 0.29) is 24.3 Å². The highest BCUT2D eigenvalue weighted by molar-refractivity contribution is 5.83. The predicted octanol–water partition coefficient (Wildman–Crippen LogP) is 1.83. The van der Waals surface area contributed by atoms with Crippen molar-refractivity contribution < 1.29 is 14.3 Å². The molecule has 0 saturated heterocycles. The van der Waals surface area contributed by atoms with Crippen LogP contribution in [0.2, 0.25) is 0 Å². The lowest BCUT2D eigenvalue weighted by molar-refractivity contribution is -0.149. The Bertz CT molecular complexity index is 270. The van der Waals surface area contributed by atoms with Crippen LogP contribution in [0, 0.1) is 11.8 Å². The van der Waals surface area contributed by atoms with Crippen molar-refractivity contribution in [3.05, 3.63) is 0 Å². The molecule has 0 aromatic carbocycles. The monoisotopic (exact) mass is 241 g/mol. The molecular formula is C13H23NO3. The van der Waals surface area contributed by atoms with Crippen molar-refractivity contribution in [3.63, 3.8) is 0 Å². The molecule has 0 heterocycles. The summed E-state index contributed by atoms with van der Waals surface area (Å²) in [5.74, 6) is 0.595. The second-order valence-corrected chi connectivity index (χ2v) is 4.96. The van der Waals surface area contributed by atoms with Crippen LogP contribution in [0.25, 0.3) is 0 Å². The van der Waals surface area contributed by atoms with Crippen molar-refractivity contribution in [2.45, 2.75) is 39.5 Å². The zero-order valence-corrected chi connectivity index (χ0v) is 11.1. The maximum absolute atomic E-state index is 12.1. The second kappa shape index (κ2) is 6.62. The summed E-state index contributed by atoms with van der Waals surface area (Å²) in [5, 5.41) is 0. The van der Waals surface area contributed by atoms with Crippen LogP contribution in [0.3, 0.4) is 0 Å². The fourth-order valence-corrected chi connectivity index (χ4v) is 2.30. The van der Waals surface area contributed by atoms with Crippen LogP contribution in [-0.2, 0) is 14.3 Å². The van der Waals surface area contributed by atoms with Gasteiger partial charge in [-0.3, -0.25) is 9.59 Å². The van der Waals surface area contributed by atoms with E-state index in [1.165, 1.54) is 4.90 Å². The molecule has 1 rings (SSSR count). The normalized spacial score (nSPS) is 24.2. The summed E-state index contributed by atoms with van der Waals surface area (Å²) in [6, 6.07) is 0. The van der Waals surface area contributed by atoms with Crippen LogP contribution < -0.4 is 0 Å². The third-order valence-electron chi connectivity index (χ3n) is 3.41. The quantitative estimate of drug-likeness (QED) is 0.705. The molecule has 1 amide bonds. The SMILES string of the molecule is CCOC(=O)CN(C)C(=O)C1CCC(C)CC1. The molecule has 0 spiro atoms. The van der Waals surface area contributed by atoms with Gasteiger partial charge in [0.15, 0.2) is 0 Å². The van der Waals surface area contributed by atoms with Gasteiger partial charge in [-0.2, -0.15) is 0 Å². The number of hydrogen-bond donors (Lipinski definition) is 0. The van der Waals surface area contributed by atoms with Gasteiger partial charge in [-0.05, 0) is 38.5 Å². The lowest BCUT2D eigenvalue weighted by atomic mass is 9.82. The molecule has 98 valence electrons. The van der Waals surface area contributed by atoms with Crippen molar-refractivity contribution in [2.24, 2.45) is 11.8 Å². The van der Waals surface area contributed by atoms with Crippen molar-refractivity contribution in [2.75, 3.05) is 20.2 Å². The molecule has 0 atom stereocenters. The molecule has 17 heavy (non-hydrogen) atoms. The van der Waals surface area contributed by atoms with Gasteiger partial charge in [0, 0.05) is 13.0 Å². The average Bonchev–Trinajstić information content (AvgIpc) is 2.29. The lowest BCUT2D eigenvalue weighted by Gasteiger charge is -2.28. The number of ether oxygens (including phenoxy) is 1. The zero-order chi connectivity index (χ0) is 12.8. The predicted molar refractivity (Wildman–Crippen MR) is 65.4 cm³/mol. The molecular weight excluding hydrogens is 218 g/mol. The number of amides is 1. The topological polar surface area (TPSA) is 46.6 Å². The van der Waals surface area contributed by atoms with E-state index in [1.54, 1.807) is 14.0 Å². The highest BCUT2D eigenvalue weighted by Crippen LogP contribution is 2.29. The van der Waals surface area contributed by atoms with Gasteiger partial charge in [0.05, 0.1) is 6.61 Å². The Morgan fingerprint density at radius 2 is 1.82 bits per heavy atom. The van der Waals surface area contributed by atoms with E-state index in [2.05, 4.69) is 6.92 Å². The van der Waals surface area contributed by atoms with E-state index in [0.29, 0.717) is 6.61 Å². The van der Waals surface area contributed by atoms with Gasteiger partial charge in [0.2, 0.25) is 5.91 Å². The molecule has 0 unspecified atom stereocenters. The van der Waals surface area contributed by atoms with Gasteiger partial charge in [-0.25, -0.2) is 0 Å². The van der Waals surface area contributed by atoms with Crippen LogP contribution in [0.1, 0.15) is 39.5 Å². The summed E-state index contributed by atoms with van der Waals surface area (Å²) in [7, 11) is 1.68. The second-order valence-electron chi connectivity index (χ2n) is 4.96. The summed E-state index contributed by atoms with van der Waals surface area (Å²) < 4.78 is 4.83. The minimum Gasteiger partial charge on any atom is -0.465 e. The van der Waals surface area contributed by atoms with E-state index < -0.39 is 0 Å². The third-order valence-corrected chi connectivity index (χ3v) is 3.41. The summed E-state index contributed by atoms with van der Waals surface area (Å²) >= 11 is 0. The van der Waals surface area contributed by atoms with Gasteiger partial charge in [-0.1, -0.05) is 6.92 Å². The summed E-state index contributed by atoms with van der Waals surface area (Å²) in [4.78, 5) is 24.8. The molecule has 0 aromatic rings. The first-order valence-corrected chi connectivity index (χ1v) is 6.45.